The van der Waals surface area contributed by atoms with Crippen LogP contribution in [0.2, 0.25) is 5.02 Å². The van der Waals surface area contributed by atoms with Crippen LogP contribution in [0.1, 0.15) is 68.6 Å². The number of rotatable bonds is 2. The number of nitrogens with zero attached hydrogens (tertiary/aromatic N) is 1. The van der Waals surface area contributed by atoms with Crippen LogP contribution in [0.15, 0.2) is 48.4 Å². The van der Waals surface area contributed by atoms with Gasteiger partial charge in [0.25, 0.3) is 0 Å². The summed E-state index contributed by atoms with van der Waals surface area (Å²) >= 11 is 6.33. The summed E-state index contributed by atoms with van der Waals surface area (Å²) < 4.78 is 40.9. The summed E-state index contributed by atoms with van der Waals surface area (Å²) in [7, 11) is 0. The minimum absolute atomic E-state index is 0.0958. The Hall–Kier alpha value is -1.31. The zero-order valence-electron chi connectivity index (χ0n) is 19.2. The zero-order valence-corrected chi connectivity index (χ0v) is 15.0. The summed E-state index contributed by atoms with van der Waals surface area (Å²) in [6.45, 7) is 6.57. The smallest absolute Gasteiger partial charge is 0.0626 e. The lowest BCUT2D eigenvalue weighted by atomic mass is 9.83. The third kappa shape index (κ3) is 3.00. The van der Waals surface area contributed by atoms with Crippen molar-refractivity contribution in [2.75, 3.05) is 13.1 Å². The number of benzene rings is 2. The van der Waals surface area contributed by atoms with Gasteiger partial charge in [-0.2, -0.15) is 0 Å². The molecule has 0 N–H and O–H groups in total. The van der Waals surface area contributed by atoms with Crippen LogP contribution in [0.3, 0.4) is 0 Å². The molecular formula is C22H26ClN. The first-order valence-corrected chi connectivity index (χ1v) is 9.09. The van der Waals surface area contributed by atoms with E-state index in [1.165, 1.54) is 6.42 Å². The van der Waals surface area contributed by atoms with E-state index in [0.717, 1.165) is 30.6 Å². The minimum atomic E-state index is -0.340. The predicted molar refractivity (Wildman–Crippen MR) is 102 cm³/mol. The Labute approximate surface area is 157 Å². The van der Waals surface area contributed by atoms with Gasteiger partial charge in [-0.3, -0.25) is 4.90 Å². The van der Waals surface area contributed by atoms with Gasteiger partial charge in [-0.1, -0.05) is 61.7 Å². The number of fused-ring (bicyclic) bond motifs is 1. The Morgan fingerprint density at radius 2 is 1.96 bits per heavy atom. The number of piperidine rings is 1. The van der Waals surface area contributed by atoms with Gasteiger partial charge in [-0.05, 0) is 60.0 Å². The van der Waals surface area contributed by atoms with Gasteiger partial charge in [0.1, 0.15) is 0 Å². The SMILES string of the molecule is [2H]c1c([2H])c([2H])c([C@@H]2C[C@@H](N3CCCC(C)(C)C3)c3cc(Cl)ccc32)c([2H])c1[2H]. The molecule has 1 nitrogen and oxygen atoms in total. The monoisotopic (exact) mass is 344 g/mol. The predicted octanol–water partition coefficient (Wildman–Crippen LogP) is 6.04. The molecule has 0 aromatic heterocycles. The van der Waals surface area contributed by atoms with Crippen LogP contribution in [0, 0.1) is 5.41 Å². The first-order chi connectivity index (χ1) is 13.6. The summed E-state index contributed by atoms with van der Waals surface area (Å²) in [5.41, 5.74) is 2.80. The average molecular weight is 345 g/mol. The Balaban J connectivity index is 1.82. The second-order valence-corrected chi connectivity index (χ2v) is 8.29. The highest BCUT2D eigenvalue weighted by Gasteiger charge is 2.38. The molecule has 0 saturated carbocycles. The van der Waals surface area contributed by atoms with E-state index in [-0.39, 0.29) is 47.6 Å². The second kappa shape index (κ2) is 6.20. The van der Waals surface area contributed by atoms with Crippen molar-refractivity contribution in [1.82, 2.24) is 4.90 Å². The molecule has 0 bridgehead atoms. The van der Waals surface area contributed by atoms with E-state index in [2.05, 4.69) is 18.7 Å². The molecule has 1 aliphatic heterocycles. The number of hydrogen-bond acceptors (Lipinski definition) is 1. The van der Waals surface area contributed by atoms with Crippen LogP contribution in [0.5, 0.6) is 0 Å². The molecule has 1 fully saturated rings. The minimum Gasteiger partial charge on any atom is -0.296 e. The van der Waals surface area contributed by atoms with E-state index in [9.17, 15) is 0 Å². The van der Waals surface area contributed by atoms with Gasteiger partial charge in [0.15, 0.2) is 0 Å². The first-order valence-electron chi connectivity index (χ1n) is 11.2. The standard InChI is InChI=1S/C22H26ClN/c1-22(2)11-6-12-24(15-22)21-14-19(16-7-4-3-5-8-16)18-10-9-17(23)13-20(18)21/h3-5,7-10,13,19,21H,6,11-12,14-15H2,1-2H3/t19-,21+/m0/s1/i3D,4D,5D,7D,8D. The molecule has 2 atom stereocenters. The van der Waals surface area contributed by atoms with Gasteiger partial charge in [0.2, 0.25) is 0 Å². The Kier molecular flexibility index (Phi) is 2.93. The molecule has 0 radical (unpaired) electrons. The van der Waals surface area contributed by atoms with Gasteiger partial charge in [0, 0.05) is 23.5 Å². The number of halogens is 1. The van der Waals surface area contributed by atoms with E-state index in [1.54, 1.807) is 0 Å². The van der Waals surface area contributed by atoms with Crippen molar-refractivity contribution in [2.24, 2.45) is 5.41 Å². The molecular weight excluding hydrogens is 314 g/mol. The first kappa shape index (κ1) is 11.3. The lowest BCUT2D eigenvalue weighted by Gasteiger charge is -2.41. The third-order valence-electron chi connectivity index (χ3n) is 5.48. The summed E-state index contributed by atoms with van der Waals surface area (Å²) in [6, 6.07) is 4.89. The topological polar surface area (TPSA) is 3.24 Å². The molecule has 1 heterocycles. The molecule has 2 aromatic carbocycles. The third-order valence-corrected chi connectivity index (χ3v) is 5.72. The fourth-order valence-electron chi connectivity index (χ4n) is 4.42. The molecule has 2 aliphatic rings. The molecule has 2 aromatic rings. The average Bonchev–Trinajstić information content (AvgIpc) is 3.02. The van der Waals surface area contributed by atoms with Crippen LogP contribution < -0.4 is 0 Å². The molecule has 0 unspecified atom stereocenters. The maximum atomic E-state index is 8.44. The van der Waals surface area contributed by atoms with E-state index in [0.29, 0.717) is 17.0 Å². The summed E-state index contributed by atoms with van der Waals surface area (Å²) in [6.07, 6.45) is 3.05. The highest BCUT2D eigenvalue weighted by atomic mass is 35.5. The van der Waals surface area contributed by atoms with E-state index in [4.69, 9.17) is 18.5 Å². The maximum Gasteiger partial charge on any atom is 0.0626 e. The van der Waals surface area contributed by atoms with Gasteiger partial charge < -0.3 is 0 Å². The van der Waals surface area contributed by atoms with Crippen LogP contribution in [-0.2, 0) is 0 Å². The summed E-state index contributed by atoms with van der Waals surface area (Å²) in [5, 5.41) is 0.673. The summed E-state index contributed by atoms with van der Waals surface area (Å²) in [4.78, 5) is 2.49. The maximum absolute atomic E-state index is 8.44. The lowest BCUT2D eigenvalue weighted by molar-refractivity contribution is 0.0769. The normalized spacial score (nSPS) is 29.2. The van der Waals surface area contributed by atoms with Crippen molar-refractivity contribution in [3.63, 3.8) is 0 Å². The Morgan fingerprint density at radius 1 is 1.17 bits per heavy atom. The fraction of sp³-hybridized carbons (Fsp3) is 0.455. The van der Waals surface area contributed by atoms with Gasteiger partial charge in [-0.15, -0.1) is 0 Å². The lowest BCUT2D eigenvalue weighted by Crippen LogP contribution is -2.41. The van der Waals surface area contributed by atoms with Crippen LogP contribution in [0.4, 0.5) is 0 Å². The fourth-order valence-corrected chi connectivity index (χ4v) is 4.60. The Morgan fingerprint density at radius 3 is 2.71 bits per heavy atom. The number of likely N-dealkylation sites (tertiary alicyclic amines) is 1. The van der Waals surface area contributed by atoms with Crippen molar-refractivity contribution in [2.45, 2.75) is 45.1 Å². The Bertz CT molecular complexity index is 945. The van der Waals surface area contributed by atoms with Crippen molar-refractivity contribution in [3.05, 3.63) is 70.1 Å². The van der Waals surface area contributed by atoms with Gasteiger partial charge in [0.05, 0.1) is 6.85 Å². The van der Waals surface area contributed by atoms with Crippen molar-refractivity contribution < 1.29 is 6.85 Å². The quantitative estimate of drug-likeness (QED) is 0.642. The largest absolute Gasteiger partial charge is 0.296 e. The van der Waals surface area contributed by atoms with E-state index < -0.39 is 0 Å². The van der Waals surface area contributed by atoms with Crippen LogP contribution >= 0.6 is 11.6 Å². The molecule has 126 valence electrons. The van der Waals surface area contributed by atoms with Crippen molar-refractivity contribution in [1.29, 1.82) is 0 Å². The highest BCUT2D eigenvalue weighted by Crippen LogP contribution is 2.49. The molecule has 24 heavy (non-hydrogen) atoms. The molecule has 0 amide bonds. The second-order valence-electron chi connectivity index (χ2n) is 7.85. The molecule has 2 heteroatoms. The summed E-state index contributed by atoms with van der Waals surface area (Å²) in [5.74, 6) is -0.230. The zero-order chi connectivity index (χ0) is 21.1. The van der Waals surface area contributed by atoms with E-state index in [1.807, 2.05) is 18.2 Å². The molecule has 1 saturated heterocycles. The van der Waals surface area contributed by atoms with Crippen molar-refractivity contribution in [3.8, 4) is 0 Å². The van der Waals surface area contributed by atoms with Crippen LogP contribution in [0.25, 0.3) is 0 Å². The molecule has 1 aliphatic carbocycles. The van der Waals surface area contributed by atoms with Gasteiger partial charge >= 0.3 is 0 Å². The molecule has 0 spiro atoms. The van der Waals surface area contributed by atoms with Crippen molar-refractivity contribution >= 4 is 11.6 Å². The van der Waals surface area contributed by atoms with Crippen LogP contribution in [-0.4, -0.2) is 18.0 Å². The van der Waals surface area contributed by atoms with Gasteiger partial charge in [-0.25, -0.2) is 0 Å². The van der Waals surface area contributed by atoms with E-state index >= 15 is 0 Å². The number of hydrogen-bond donors (Lipinski definition) is 0. The molecule has 4 rings (SSSR count). The highest BCUT2D eigenvalue weighted by molar-refractivity contribution is 6.30.